The summed E-state index contributed by atoms with van der Waals surface area (Å²) in [6, 6.07) is 5.01. The molecule has 0 unspecified atom stereocenters. The van der Waals surface area contributed by atoms with E-state index in [1.165, 1.54) is 18.5 Å². The first-order valence-corrected chi connectivity index (χ1v) is 7.24. The predicted octanol–water partition coefficient (Wildman–Crippen LogP) is 2.02. The van der Waals surface area contributed by atoms with Crippen molar-refractivity contribution in [2.75, 3.05) is 32.1 Å². The maximum atomic E-state index is 5.99. The van der Waals surface area contributed by atoms with Crippen LogP contribution >= 0.6 is 0 Å². The zero-order valence-electron chi connectivity index (χ0n) is 12.3. The van der Waals surface area contributed by atoms with Gasteiger partial charge in [0.1, 0.15) is 0 Å². The molecule has 1 atom stereocenters. The number of hydrogen-bond acceptors (Lipinski definition) is 4. The van der Waals surface area contributed by atoms with E-state index in [-0.39, 0.29) is 6.04 Å². The SMILES string of the molecule is CC[C@H](N)c1ccc(N2CCC(N(C)C)CC2)cn1. The summed E-state index contributed by atoms with van der Waals surface area (Å²) in [6.07, 6.45) is 5.36. The highest BCUT2D eigenvalue weighted by atomic mass is 15.2. The van der Waals surface area contributed by atoms with Crippen molar-refractivity contribution in [2.24, 2.45) is 5.73 Å². The molecule has 1 aromatic heterocycles. The second-order valence-corrected chi connectivity index (χ2v) is 5.64. The Morgan fingerprint density at radius 2 is 2.05 bits per heavy atom. The minimum Gasteiger partial charge on any atom is -0.370 e. The van der Waals surface area contributed by atoms with Gasteiger partial charge in [-0.3, -0.25) is 4.98 Å². The van der Waals surface area contributed by atoms with Crippen molar-refractivity contribution >= 4 is 5.69 Å². The largest absolute Gasteiger partial charge is 0.370 e. The number of pyridine rings is 1. The fourth-order valence-corrected chi connectivity index (χ4v) is 2.65. The van der Waals surface area contributed by atoms with Gasteiger partial charge in [0.25, 0.3) is 0 Å². The van der Waals surface area contributed by atoms with Crippen LogP contribution in [0.4, 0.5) is 5.69 Å². The fraction of sp³-hybridized carbons (Fsp3) is 0.667. The van der Waals surface area contributed by atoms with Crippen molar-refractivity contribution < 1.29 is 0 Å². The van der Waals surface area contributed by atoms with E-state index in [9.17, 15) is 0 Å². The number of nitrogens with zero attached hydrogens (tertiary/aromatic N) is 3. The normalized spacial score (nSPS) is 18.9. The average molecular weight is 262 g/mol. The molecule has 0 bridgehead atoms. The molecular formula is C15H26N4. The van der Waals surface area contributed by atoms with E-state index in [1.807, 2.05) is 6.20 Å². The highest BCUT2D eigenvalue weighted by Gasteiger charge is 2.20. The number of aromatic nitrogens is 1. The summed E-state index contributed by atoms with van der Waals surface area (Å²) in [5.41, 5.74) is 8.21. The molecule has 4 nitrogen and oxygen atoms in total. The molecule has 0 saturated carbocycles. The average Bonchev–Trinajstić information content (AvgIpc) is 2.46. The monoisotopic (exact) mass is 262 g/mol. The van der Waals surface area contributed by atoms with Crippen LogP contribution in [0, 0.1) is 0 Å². The molecule has 0 aliphatic carbocycles. The molecule has 0 radical (unpaired) electrons. The van der Waals surface area contributed by atoms with Crippen molar-refractivity contribution in [2.45, 2.75) is 38.3 Å². The summed E-state index contributed by atoms with van der Waals surface area (Å²) in [4.78, 5) is 9.26. The standard InChI is InChI=1S/C15H26N4/c1-4-14(16)15-6-5-13(11-17-15)19-9-7-12(8-10-19)18(2)3/h5-6,11-12,14H,4,7-10,16H2,1-3H3/t14-/m0/s1. The van der Waals surface area contributed by atoms with Gasteiger partial charge in [0.05, 0.1) is 17.6 Å². The van der Waals surface area contributed by atoms with E-state index >= 15 is 0 Å². The Bertz CT molecular complexity index is 380. The lowest BCUT2D eigenvalue weighted by Crippen LogP contribution is -2.42. The summed E-state index contributed by atoms with van der Waals surface area (Å²) >= 11 is 0. The first-order chi connectivity index (χ1) is 9.11. The fourth-order valence-electron chi connectivity index (χ4n) is 2.65. The molecule has 2 rings (SSSR count). The van der Waals surface area contributed by atoms with E-state index < -0.39 is 0 Å². The maximum Gasteiger partial charge on any atom is 0.0572 e. The van der Waals surface area contributed by atoms with E-state index in [0.29, 0.717) is 0 Å². The third kappa shape index (κ3) is 3.45. The Balaban J connectivity index is 1.96. The van der Waals surface area contributed by atoms with E-state index in [0.717, 1.165) is 31.2 Å². The second-order valence-electron chi connectivity index (χ2n) is 5.64. The van der Waals surface area contributed by atoms with Crippen LogP contribution < -0.4 is 10.6 Å². The van der Waals surface area contributed by atoms with E-state index in [1.54, 1.807) is 0 Å². The lowest BCUT2D eigenvalue weighted by molar-refractivity contribution is 0.249. The lowest BCUT2D eigenvalue weighted by atomic mass is 10.0. The van der Waals surface area contributed by atoms with Gasteiger partial charge in [-0.2, -0.15) is 0 Å². The smallest absolute Gasteiger partial charge is 0.0572 e. The molecule has 4 heteroatoms. The molecule has 1 saturated heterocycles. The molecule has 1 fully saturated rings. The summed E-state index contributed by atoms with van der Waals surface area (Å²) in [5, 5.41) is 0. The van der Waals surface area contributed by atoms with Crippen LogP contribution in [0.25, 0.3) is 0 Å². The highest BCUT2D eigenvalue weighted by Crippen LogP contribution is 2.22. The molecule has 0 spiro atoms. The Morgan fingerprint density at radius 1 is 1.37 bits per heavy atom. The molecule has 2 heterocycles. The quantitative estimate of drug-likeness (QED) is 0.902. The molecule has 2 N–H and O–H groups in total. The number of nitrogens with two attached hydrogens (primary N) is 1. The maximum absolute atomic E-state index is 5.99. The van der Waals surface area contributed by atoms with Gasteiger partial charge in [-0.05, 0) is 45.5 Å². The first-order valence-electron chi connectivity index (χ1n) is 7.24. The van der Waals surface area contributed by atoms with Gasteiger partial charge in [-0.15, -0.1) is 0 Å². The third-order valence-electron chi connectivity index (χ3n) is 4.15. The Morgan fingerprint density at radius 3 is 2.53 bits per heavy atom. The molecule has 0 amide bonds. The molecule has 19 heavy (non-hydrogen) atoms. The minimum atomic E-state index is 0.0635. The van der Waals surface area contributed by atoms with Crippen LogP contribution in [0.15, 0.2) is 18.3 Å². The van der Waals surface area contributed by atoms with Gasteiger partial charge in [0.2, 0.25) is 0 Å². The summed E-state index contributed by atoms with van der Waals surface area (Å²) in [5.74, 6) is 0. The number of rotatable bonds is 4. The van der Waals surface area contributed by atoms with Crippen LogP contribution in [0.5, 0.6) is 0 Å². The highest BCUT2D eigenvalue weighted by molar-refractivity contribution is 5.45. The van der Waals surface area contributed by atoms with Crippen molar-refractivity contribution in [3.8, 4) is 0 Å². The van der Waals surface area contributed by atoms with Gasteiger partial charge in [-0.1, -0.05) is 6.92 Å². The molecule has 1 aromatic rings. The van der Waals surface area contributed by atoms with Gasteiger partial charge in [-0.25, -0.2) is 0 Å². The van der Waals surface area contributed by atoms with E-state index in [2.05, 4.69) is 47.9 Å². The van der Waals surface area contributed by atoms with Crippen LogP contribution in [-0.4, -0.2) is 43.1 Å². The third-order valence-corrected chi connectivity index (χ3v) is 4.15. The van der Waals surface area contributed by atoms with Crippen LogP contribution in [0.1, 0.15) is 37.9 Å². The van der Waals surface area contributed by atoms with Crippen molar-refractivity contribution in [1.29, 1.82) is 0 Å². The van der Waals surface area contributed by atoms with Crippen molar-refractivity contribution in [3.63, 3.8) is 0 Å². The van der Waals surface area contributed by atoms with Crippen LogP contribution in [0.3, 0.4) is 0 Å². The zero-order chi connectivity index (χ0) is 13.8. The van der Waals surface area contributed by atoms with Gasteiger partial charge >= 0.3 is 0 Å². The van der Waals surface area contributed by atoms with Gasteiger partial charge in [0, 0.05) is 25.2 Å². The molecule has 1 aliphatic heterocycles. The molecule has 1 aliphatic rings. The zero-order valence-corrected chi connectivity index (χ0v) is 12.3. The Kier molecular flexibility index (Phi) is 4.77. The molecule has 0 aromatic carbocycles. The van der Waals surface area contributed by atoms with Crippen molar-refractivity contribution in [3.05, 3.63) is 24.0 Å². The van der Waals surface area contributed by atoms with Gasteiger partial charge in [0.15, 0.2) is 0 Å². The number of piperidine rings is 1. The predicted molar refractivity (Wildman–Crippen MR) is 80.4 cm³/mol. The molecule has 106 valence electrons. The molecular weight excluding hydrogens is 236 g/mol. The second kappa shape index (κ2) is 6.35. The number of hydrogen-bond donors (Lipinski definition) is 1. The Labute approximate surface area is 116 Å². The summed E-state index contributed by atoms with van der Waals surface area (Å²) < 4.78 is 0. The topological polar surface area (TPSA) is 45.4 Å². The van der Waals surface area contributed by atoms with Crippen molar-refractivity contribution in [1.82, 2.24) is 9.88 Å². The number of anilines is 1. The van der Waals surface area contributed by atoms with E-state index in [4.69, 9.17) is 5.73 Å². The summed E-state index contributed by atoms with van der Waals surface area (Å²) in [6.45, 7) is 4.32. The first kappa shape index (κ1) is 14.3. The Hall–Kier alpha value is -1.13. The van der Waals surface area contributed by atoms with Crippen LogP contribution in [-0.2, 0) is 0 Å². The minimum absolute atomic E-state index is 0.0635. The van der Waals surface area contributed by atoms with Gasteiger partial charge < -0.3 is 15.5 Å². The summed E-state index contributed by atoms with van der Waals surface area (Å²) in [7, 11) is 4.34. The van der Waals surface area contributed by atoms with Crippen LogP contribution in [0.2, 0.25) is 0 Å². The lowest BCUT2D eigenvalue weighted by Gasteiger charge is -2.36.